The predicted octanol–water partition coefficient (Wildman–Crippen LogP) is 3.08. The normalized spacial score (nSPS) is 11.0. The zero-order valence-electron chi connectivity index (χ0n) is 15.8. The molecule has 0 aliphatic carbocycles. The lowest BCUT2D eigenvalue weighted by Crippen LogP contribution is -2.37. The molecule has 144 valence electrons. The molecule has 2 aromatic heterocycles. The maximum Gasteiger partial charge on any atom is 0.212 e. The van der Waals surface area contributed by atoms with Gasteiger partial charge in [-0.3, -0.25) is 0 Å². The van der Waals surface area contributed by atoms with Gasteiger partial charge in [-0.25, -0.2) is 9.98 Å². The molecule has 0 saturated heterocycles. The molecule has 0 aliphatic heterocycles. The van der Waals surface area contributed by atoms with Gasteiger partial charge in [0.2, 0.25) is 5.88 Å². The quantitative estimate of drug-likeness (QED) is 0.348. The summed E-state index contributed by atoms with van der Waals surface area (Å²) in [6.07, 6.45) is 3.46. The number of aromatic nitrogens is 2. The first kappa shape index (κ1) is 22.2. The van der Waals surface area contributed by atoms with Gasteiger partial charge >= 0.3 is 0 Å². The molecule has 0 spiro atoms. The van der Waals surface area contributed by atoms with Crippen LogP contribution < -0.4 is 15.4 Å². The van der Waals surface area contributed by atoms with Gasteiger partial charge in [0.05, 0.1) is 19.3 Å². The minimum absolute atomic E-state index is 0. The largest absolute Gasteiger partial charge is 0.481 e. The molecular formula is C18H28IN5O2. The number of hydrogen-bond donors (Lipinski definition) is 2. The van der Waals surface area contributed by atoms with Crippen LogP contribution in [0.15, 0.2) is 27.8 Å². The van der Waals surface area contributed by atoms with Gasteiger partial charge in [0.1, 0.15) is 5.76 Å². The van der Waals surface area contributed by atoms with Crippen molar-refractivity contribution in [3.8, 4) is 5.88 Å². The lowest BCUT2D eigenvalue weighted by atomic mass is 10.1. The van der Waals surface area contributed by atoms with Gasteiger partial charge in [-0.2, -0.15) is 0 Å². The molecule has 0 aliphatic rings. The van der Waals surface area contributed by atoms with Crippen molar-refractivity contribution in [3.05, 3.63) is 40.9 Å². The second-order valence-corrected chi connectivity index (χ2v) is 5.50. The highest BCUT2D eigenvalue weighted by Gasteiger charge is 2.13. The first-order valence-corrected chi connectivity index (χ1v) is 8.69. The summed E-state index contributed by atoms with van der Waals surface area (Å²) in [5.74, 6) is 2.28. The van der Waals surface area contributed by atoms with Crippen molar-refractivity contribution in [2.45, 2.75) is 46.7 Å². The van der Waals surface area contributed by atoms with Crippen molar-refractivity contribution < 1.29 is 9.26 Å². The molecule has 0 aromatic carbocycles. The lowest BCUT2D eigenvalue weighted by molar-refractivity contribution is 0.380. The third-order valence-corrected chi connectivity index (χ3v) is 3.81. The standard InChI is InChI=1S/C18H27N5O2.HI/c1-5-15-14(16(6-2)25-23-15)12-22-18(19-7-3)21-11-13-8-9-17(24-4)20-10-13;/h8-10H,5-7,11-12H2,1-4H3,(H2,19,21,22);1H. The molecule has 0 saturated carbocycles. The summed E-state index contributed by atoms with van der Waals surface area (Å²) in [5.41, 5.74) is 3.15. The summed E-state index contributed by atoms with van der Waals surface area (Å²) in [4.78, 5) is 8.81. The van der Waals surface area contributed by atoms with Crippen LogP contribution in [0.1, 0.15) is 43.4 Å². The van der Waals surface area contributed by atoms with Gasteiger partial charge in [-0.15, -0.1) is 24.0 Å². The topological polar surface area (TPSA) is 84.6 Å². The SMILES string of the molecule is CCNC(=NCc1ccc(OC)nc1)NCc1c(CC)noc1CC.I. The van der Waals surface area contributed by atoms with E-state index >= 15 is 0 Å². The van der Waals surface area contributed by atoms with E-state index in [2.05, 4.69) is 39.6 Å². The molecular weight excluding hydrogens is 445 g/mol. The van der Waals surface area contributed by atoms with Crippen LogP contribution in [0.4, 0.5) is 0 Å². The predicted molar refractivity (Wildman–Crippen MR) is 113 cm³/mol. The van der Waals surface area contributed by atoms with E-state index in [-0.39, 0.29) is 24.0 Å². The average Bonchev–Trinajstić information content (AvgIpc) is 3.06. The van der Waals surface area contributed by atoms with Crippen LogP contribution in [-0.2, 0) is 25.9 Å². The fourth-order valence-electron chi connectivity index (χ4n) is 2.45. The zero-order chi connectivity index (χ0) is 18.1. The number of ether oxygens (including phenoxy) is 1. The molecule has 2 N–H and O–H groups in total. The molecule has 0 bridgehead atoms. The summed E-state index contributed by atoms with van der Waals surface area (Å²) in [6, 6.07) is 3.80. The van der Waals surface area contributed by atoms with E-state index in [1.165, 1.54) is 0 Å². The van der Waals surface area contributed by atoms with Crippen LogP contribution in [0.2, 0.25) is 0 Å². The Morgan fingerprint density at radius 3 is 2.58 bits per heavy atom. The Hall–Kier alpha value is -1.84. The van der Waals surface area contributed by atoms with E-state index in [1.807, 2.05) is 19.1 Å². The Balaban J connectivity index is 0.00000338. The molecule has 0 amide bonds. The Morgan fingerprint density at radius 1 is 1.19 bits per heavy atom. The summed E-state index contributed by atoms with van der Waals surface area (Å²) in [7, 11) is 1.60. The highest BCUT2D eigenvalue weighted by Crippen LogP contribution is 2.15. The number of nitrogens with one attached hydrogen (secondary N) is 2. The number of aryl methyl sites for hydroxylation is 2. The lowest BCUT2D eigenvalue weighted by Gasteiger charge is -2.11. The van der Waals surface area contributed by atoms with Gasteiger partial charge in [-0.05, 0) is 18.9 Å². The molecule has 2 aromatic rings. The fourth-order valence-corrected chi connectivity index (χ4v) is 2.45. The van der Waals surface area contributed by atoms with Crippen LogP contribution in [-0.4, -0.2) is 29.8 Å². The Bertz CT molecular complexity index is 664. The Kier molecular flexibility index (Phi) is 10.0. The van der Waals surface area contributed by atoms with Gasteiger partial charge in [-0.1, -0.05) is 25.1 Å². The van der Waals surface area contributed by atoms with Gasteiger partial charge in [0.15, 0.2) is 5.96 Å². The van der Waals surface area contributed by atoms with Crippen molar-refractivity contribution in [2.75, 3.05) is 13.7 Å². The van der Waals surface area contributed by atoms with E-state index in [4.69, 9.17) is 9.26 Å². The maximum absolute atomic E-state index is 5.41. The minimum Gasteiger partial charge on any atom is -0.481 e. The summed E-state index contributed by atoms with van der Waals surface area (Å²) < 4.78 is 10.5. The number of guanidine groups is 1. The van der Waals surface area contributed by atoms with E-state index < -0.39 is 0 Å². The van der Waals surface area contributed by atoms with Crippen molar-refractivity contribution in [1.29, 1.82) is 0 Å². The number of halogens is 1. The summed E-state index contributed by atoms with van der Waals surface area (Å²) >= 11 is 0. The van der Waals surface area contributed by atoms with Crippen molar-refractivity contribution >= 4 is 29.9 Å². The molecule has 0 fully saturated rings. The molecule has 26 heavy (non-hydrogen) atoms. The first-order valence-electron chi connectivity index (χ1n) is 8.69. The number of nitrogens with zero attached hydrogens (tertiary/aromatic N) is 3. The third-order valence-electron chi connectivity index (χ3n) is 3.81. The van der Waals surface area contributed by atoms with E-state index in [9.17, 15) is 0 Å². The Morgan fingerprint density at radius 2 is 2.00 bits per heavy atom. The Labute approximate surface area is 172 Å². The summed E-state index contributed by atoms with van der Waals surface area (Å²) in [5, 5.41) is 10.8. The van der Waals surface area contributed by atoms with Crippen LogP contribution in [0.25, 0.3) is 0 Å². The van der Waals surface area contributed by atoms with Crippen LogP contribution >= 0.6 is 24.0 Å². The third kappa shape index (κ3) is 6.15. The highest BCUT2D eigenvalue weighted by molar-refractivity contribution is 14.0. The fraction of sp³-hybridized carbons (Fsp3) is 0.500. The zero-order valence-corrected chi connectivity index (χ0v) is 18.2. The molecule has 0 radical (unpaired) electrons. The molecule has 2 heterocycles. The van der Waals surface area contributed by atoms with Gasteiger partial charge in [0, 0.05) is 37.3 Å². The van der Waals surface area contributed by atoms with Gasteiger partial charge < -0.3 is 19.9 Å². The molecule has 7 nitrogen and oxygen atoms in total. The first-order chi connectivity index (χ1) is 12.2. The molecule has 0 unspecified atom stereocenters. The molecule has 8 heteroatoms. The van der Waals surface area contributed by atoms with Crippen molar-refractivity contribution in [2.24, 2.45) is 4.99 Å². The number of rotatable bonds is 8. The molecule has 2 rings (SSSR count). The van der Waals surface area contributed by atoms with Crippen LogP contribution in [0.5, 0.6) is 5.88 Å². The smallest absolute Gasteiger partial charge is 0.212 e. The highest BCUT2D eigenvalue weighted by atomic mass is 127. The van der Waals surface area contributed by atoms with Gasteiger partial charge in [0.25, 0.3) is 0 Å². The van der Waals surface area contributed by atoms with Crippen molar-refractivity contribution in [3.63, 3.8) is 0 Å². The average molecular weight is 473 g/mol. The van der Waals surface area contributed by atoms with E-state index in [0.29, 0.717) is 19.0 Å². The van der Waals surface area contributed by atoms with E-state index in [1.54, 1.807) is 13.3 Å². The number of methoxy groups -OCH3 is 1. The van der Waals surface area contributed by atoms with Crippen LogP contribution in [0.3, 0.4) is 0 Å². The van der Waals surface area contributed by atoms with Crippen molar-refractivity contribution in [1.82, 2.24) is 20.8 Å². The maximum atomic E-state index is 5.41. The summed E-state index contributed by atoms with van der Waals surface area (Å²) in [6.45, 7) is 8.16. The van der Waals surface area contributed by atoms with Crippen LogP contribution in [0, 0.1) is 0 Å². The number of aliphatic imine (C=N–C) groups is 1. The number of hydrogen-bond acceptors (Lipinski definition) is 5. The number of pyridine rings is 1. The monoisotopic (exact) mass is 473 g/mol. The minimum atomic E-state index is 0. The molecule has 0 atom stereocenters. The second kappa shape index (κ2) is 11.7. The van der Waals surface area contributed by atoms with E-state index in [0.717, 1.165) is 47.9 Å². The second-order valence-electron chi connectivity index (χ2n) is 5.50.